The molecule has 1 unspecified atom stereocenters. The Morgan fingerprint density at radius 2 is 2.07 bits per heavy atom. The summed E-state index contributed by atoms with van der Waals surface area (Å²) < 4.78 is 11.8. The summed E-state index contributed by atoms with van der Waals surface area (Å²) in [7, 11) is 0. The van der Waals surface area contributed by atoms with Crippen molar-refractivity contribution < 1.29 is 9.26 Å². The lowest BCUT2D eigenvalue weighted by atomic mass is 9.84. The lowest BCUT2D eigenvalue weighted by molar-refractivity contribution is 0.0725. The fourth-order valence-electron chi connectivity index (χ4n) is 3.78. The molecule has 0 amide bonds. The smallest absolute Gasteiger partial charge is 0.234 e. The Morgan fingerprint density at radius 1 is 1.19 bits per heavy atom. The summed E-state index contributed by atoms with van der Waals surface area (Å²) in [5.41, 5.74) is 2.95. The van der Waals surface area contributed by atoms with Crippen molar-refractivity contribution in [2.24, 2.45) is 0 Å². The first-order valence-corrected chi connectivity index (χ1v) is 9.10. The Bertz CT molecular complexity index is 1110. The van der Waals surface area contributed by atoms with E-state index in [4.69, 9.17) is 14.2 Å². The zero-order valence-electron chi connectivity index (χ0n) is 15.3. The molecule has 27 heavy (non-hydrogen) atoms. The molecule has 0 aliphatic carbocycles. The maximum absolute atomic E-state index is 6.11. The third-order valence-electron chi connectivity index (χ3n) is 5.03. The molecule has 0 saturated carbocycles. The molecule has 0 spiro atoms. The normalized spacial score (nSPS) is 18.2. The summed E-state index contributed by atoms with van der Waals surface area (Å²) in [6.07, 6.45) is 3.23. The first-order chi connectivity index (χ1) is 13.1. The van der Waals surface area contributed by atoms with E-state index in [-0.39, 0.29) is 11.5 Å². The fourth-order valence-corrected chi connectivity index (χ4v) is 3.78. The quantitative estimate of drug-likeness (QED) is 0.592. The van der Waals surface area contributed by atoms with E-state index in [1.165, 1.54) is 0 Å². The molecule has 4 aromatic rings. The van der Waals surface area contributed by atoms with Gasteiger partial charge in [-0.3, -0.25) is 5.10 Å². The van der Waals surface area contributed by atoms with Gasteiger partial charge in [0, 0.05) is 23.8 Å². The number of hydrogen-bond acceptors (Lipinski definition) is 5. The second-order valence-electron chi connectivity index (χ2n) is 7.67. The highest BCUT2D eigenvalue weighted by atomic mass is 16.5. The van der Waals surface area contributed by atoms with E-state index in [0.717, 1.165) is 34.2 Å². The van der Waals surface area contributed by atoms with Crippen LogP contribution in [0.5, 0.6) is 5.75 Å². The summed E-state index contributed by atoms with van der Waals surface area (Å²) in [6.45, 7) is 4.18. The van der Waals surface area contributed by atoms with Crippen LogP contribution in [0.1, 0.15) is 49.0 Å². The van der Waals surface area contributed by atoms with Crippen molar-refractivity contribution in [1.29, 1.82) is 0 Å². The molecule has 1 aliphatic rings. The van der Waals surface area contributed by atoms with Gasteiger partial charge in [-0.1, -0.05) is 35.5 Å². The maximum atomic E-state index is 6.11. The van der Waals surface area contributed by atoms with Crippen LogP contribution in [0.2, 0.25) is 0 Å². The van der Waals surface area contributed by atoms with Crippen molar-refractivity contribution in [2.75, 3.05) is 0 Å². The molecule has 1 aliphatic heterocycles. The first-order valence-electron chi connectivity index (χ1n) is 9.10. The standard InChI is InChI=1S/C21H20N4O2/c1-21(2)11-16(15-5-3-4-6-18(15)26-21)20-23-19(25-27-20)10-13-7-8-14-12-22-24-17(14)9-13/h3-9,12,16H,10-11H2,1-2H3,(H,22,24). The van der Waals surface area contributed by atoms with Gasteiger partial charge in [-0.2, -0.15) is 10.1 Å². The van der Waals surface area contributed by atoms with E-state index in [0.29, 0.717) is 18.1 Å². The minimum absolute atomic E-state index is 0.0429. The van der Waals surface area contributed by atoms with Crippen LogP contribution in [0.25, 0.3) is 10.9 Å². The third-order valence-corrected chi connectivity index (χ3v) is 5.03. The summed E-state index contributed by atoms with van der Waals surface area (Å²) in [5.74, 6) is 2.27. The number of ether oxygens (including phenoxy) is 1. The predicted octanol–water partition coefficient (Wildman–Crippen LogP) is 4.23. The van der Waals surface area contributed by atoms with E-state index in [9.17, 15) is 0 Å². The molecule has 2 aromatic heterocycles. The Morgan fingerprint density at radius 3 is 3.00 bits per heavy atom. The highest BCUT2D eigenvalue weighted by molar-refractivity contribution is 5.78. The average Bonchev–Trinajstić information content (AvgIpc) is 3.29. The number of aromatic nitrogens is 4. The van der Waals surface area contributed by atoms with Crippen molar-refractivity contribution >= 4 is 10.9 Å². The topological polar surface area (TPSA) is 76.8 Å². The van der Waals surface area contributed by atoms with E-state index in [1.807, 2.05) is 30.5 Å². The Labute approximate surface area is 156 Å². The number of para-hydroxylation sites is 1. The van der Waals surface area contributed by atoms with E-state index >= 15 is 0 Å². The van der Waals surface area contributed by atoms with Crippen LogP contribution in [-0.4, -0.2) is 25.9 Å². The van der Waals surface area contributed by atoms with Gasteiger partial charge in [-0.25, -0.2) is 0 Å². The summed E-state index contributed by atoms with van der Waals surface area (Å²) in [4.78, 5) is 4.70. The van der Waals surface area contributed by atoms with Crippen LogP contribution < -0.4 is 4.74 Å². The minimum Gasteiger partial charge on any atom is -0.488 e. The highest BCUT2D eigenvalue weighted by Gasteiger charge is 2.37. The molecule has 5 rings (SSSR count). The van der Waals surface area contributed by atoms with E-state index in [1.54, 1.807) is 0 Å². The number of rotatable bonds is 3. The molecule has 2 aromatic carbocycles. The maximum Gasteiger partial charge on any atom is 0.234 e. The van der Waals surface area contributed by atoms with E-state index in [2.05, 4.69) is 47.4 Å². The Kier molecular flexibility index (Phi) is 3.53. The molecule has 1 N–H and O–H groups in total. The summed E-state index contributed by atoms with van der Waals surface area (Å²) >= 11 is 0. The lowest BCUT2D eigenvalue weighted by Gasteiger charge is -2.36. The van der Waals surface area contributed by atoms with Gasteiger partial charge >= 0.3 is 0 Å². The summed E-state index contributed by atoms with van der Waals surface area (Å²) in [5, 5.41) is 12.4. The fraction of sp³-hybridized carbons (Fsp3) is 0.286. The molecule has 3 heterocycles. The molecule has 6 nitrogen and oxygen atoms in total. The third kappa shape index (κ3) is 2.97. The lowest BCUT2D eigenvalue weighted by Crippen LogP contribution is -2.35. The molecule has 0 bridgehead atoms. The van der Waals surface area contributed by atoms with Gasteiger partial charge in [-0.05, 0) is 31.5 Å². The molecular formula is C21H20N4O2. The number of H-pyrrole nitrogens is 1. The van der Waals surface area contributed by atoms with E-state index < -0.39 is 0 Å². The van der Waals surface area contributed by atoms with Gasteiger partial charge in [0.15, 0.2) is 5.82 Å². The number of fused-ring (bicyclic) bond motifs is 2. The minimum atomic E-state index is -0.278. The van der Waals surface area contributed by atoms with Crippen LogP contribution in [0.15, 0.2) is 53.2 Å². The van der Waals surface area contributed by atoms with Gasteiger partial charge in [0.25, 0.3) is 0 Å². The number of benzene rings is 2. The predicted molar refractivity (Wildman–Crippen MR) is 101 cm³/mol. The Hall–Kier alpha value is -3.15. The van der Waals surface area contributed by atoms with Crippen LogP contribution in [0.3, 0.4) is 0 Å². The summed E-state index contributed by atoms with van der Waals surface area (Å²) in [6, 6.07) is 14.3. The molecule has 1 atom stereocenters. The second kappa shape index (κ2) is 5.94. The molecule has 0 fully saturated rings. The second-order valence-corrected chi connectivity index (χ2v) is 7.67. The molecule has 136 valence electrons. The average molecular weight is 360 g/mol. The van der Waals surface area contributed by atoms with Crippen molar-refractivity contribution in [2.45, 2.75) is 38.2 Å². The van der Waals surface area contributed by atoms with Crippen LogP contribution >= 0.6 is 0 Å². The number of hydrogen-bond donors (Lipinski definition) is 1. The largest absolute Gasteiger partial charge is 0.488 e. The molecule has 0 saturated heterocycles. The van der Waals surface area contributed by atoms with Gasteiger partial charge in [-0.15, -0.1) is 0 Å². The molecule has 0 radical (unpaired) electrons. The molecular weight excluding hydrogens is 340 g/mol. The highest BCUT2D eigenvalue weighted by Crippen LogP contribution is 2.43. The van der Waals surface area contributed by atoms with Gasteiger partial charge in [0.05, 0.1) is 17.6 Å². The van der Waals surface area contributed by atoms with Gasteiger partial charge in [0.2, 0.25) is 5.89 Å². The van der Waals surface area contributed by atoms with Gasteiger partial charge < -0.3 is 9.26 Å². The number of nitrogens with one attached hydrogen (secondary N) is 1. The monoisotopic (exact) mass is 360 g/mol. The number of aromatic amines is 1. The van der Waals surface area contributed by atoms with Crippen molar-refractivity contribution in [3.8, 4) is 5.75 Å². The zero-order valence-corrected chi connectivity index (χ0v) is 15.3. The van der Waals surface area contributed by atoms with Crippen molar-refractivity contribution in [3.05, 3.63) is 71.5 Å². The Balaban J connectivity index is 1.45. The zero-order chi connectivity index (χ0) is 18.4. The number of nitrogens with zero attached hydrogens (tertiary/aromatic N) is 3. The van der Waals surface area contributed by atoms with Crippen LogP contribution in [0, 0.1) is 0 Å². The van der Waals surface area contributed by atoms with Gasteiger partial charge in [0.1, 0.15) is 11.4 Å². The van der Waals surface area contributed by atoms with Crippen LogP contribution in [-0.2, 0) is 6.42 Å². The SMILES string of the molecule is CC1(C)CC(c2nc(Cc3ccc4cn[nH]c4c3)no2)c2ccccc2O1. The first kappa shape index (κ1) is 16.1. The van der Waals surface area contributed by atoms with Crippen molar-refractivity contribution in [1.82, 2.24) is 20.3 Å². The van der Waals surface area contributed by atoms with Crippen molar-refractivity contribution in [3.63, 3.8) is 0 Å². The molecule has 6 heteroatoms. The van der Waals surface area contributed by atoms with Crippen LogP contribution in [0.4, 0.5) is 0 Å².